The van der Waals surface area contributed by atoms with Gasteiger partial charge in [0.05, 0.1) is 18.8 Å². The maximum atomic E-state index is 13.5. The Kier molecular flexibility index (Phi) is 5.31. The number of rotatable bonds is 6. The second kappa shape index (κ2) is 6.37. The number of nitrogen functional groups attached to an aromatic ring is 1. The summed E-state index contributed by atoms with van der Waals surface area (Å²) in [7, 11) is -4.66. The van der Waals surface area contributed by atoms with Gasteiger partial charge in [-0.2, -0.15) is 4.31 Å². The van der Waals surface area contributed by atoms with Crippen LogP contribution in [0.1, 0.15) is 0 Å². The zero-order valence-corrected chi connectivity index (χ0v) is 10.9. The van der Waals surface area contributed by atoms with Gasteiger partial charge in [-0.25, -0.2) is 26.0 Å². The molecular weight excluding hydrogens is 304 g/mol. The summed E-state index contributed by atoms with van der Waals surface area (Å²) in [6.07, 6.45) is -3.02. The SMILES string of the molecule is Nc1cc(S(=O)(=O)N(CCO)CC(F)F)c(F)cc1F. The Labute approximate surface area is 112 Å². The number of anilines is 1. The molecule has 3 N–H and O–H groups in total. The van der Waals surface area contributed by atoms with E-state index in [1.807, 2.05) is 0 Å². The van der Waals surface area contributed by atoms with E-state index in [9.17, 15) is 26.0 Å². The zero-order chi connectivity index (χ0) is 15.5. The molecule has 1 rings (SSSR count). The molecule has 10 heteroatoms. The molecule has 0 unspecified atom stereocenters. The monoisotopic (exact) mass is 316 g/mol. The maximum absolute atomic E-state index is 13.5. The third-order valence-corrected chi connectivity index (χ3v) is 4.24. The van der Waals surface area contributed by atoms with E-state index >= 15 is 0 Å². The standard InChI is InChI=1S/C10H12F4N2O3S/c11-6-3-7(12)9(4-8(6)15)20(18,19)16(1-2-17)5-10(13)14/h3-4,10,17H,1-2,5,15H2. The van der Waals surface area contributed by atoms with Crippen LogP contribution in [0.2, 0.25) is 0 Å². The Balaban J connectivity index is 3.29. The first-order chi connectivity index (χ1) is 9.20. The van der Waals surface area contributed by atoms with Gasteiger partial charge in [0.1, 0.15) is 16.5 Å². The predicted octanol–water partition coefficient (Wildman–Crippen LogP) is 0.795. The molecule has 0 atom stereocenters. The minimum absolute atomic E-state index is 0.202. The molecule has 0 aliphatic carbocycles. The molecule has 0 radical (unpaired) electrons. The van der Waals surface area contributed by atoms with E-state index in [1.165, 1.54) is 0 Å². The average molecular weight is 316 g/mol. The van der Waals surface area contributed by atoms with E-state index in [2.05, 4.69) is 0 Å². The zero-order valence-electron chi connectivity index (χ0n) is 10.1. The quantitative estimate of drug-likeness (QED) is 0.600. The van der Waals surface area contributed by atoms with Crippen molar-refractivity contribution in [2.45, 2.75) is 11.3 Å². The van der Waals surface area contributed by atoms with Crippen LogP contribution in [0, 0.1) is 11.6 Å². The van der Waals surface area contributed by atoms with Gasteiger partial charge in [0, 0.05) is 12.6 Å². The number of hydrogen-bond donors (Lipinski definition) is 2. The molecule has 0 bridgehead atoms. The van der Waals surface area contributed by atoms with E-state index in [4.69, 9.17) is 10.8 Å². The second-order valence-electron chi connectivity index (χ2n) is 3.78. The predicted molar refractivity (Wildman–Crippen MR) is 62.6 cm³/mol. The highest BCUT2D eigenvalue weighted by atomic mass is 32.2. The van der Waals surface area contributed by atoms with Gasteiger partial charge < -0.3 is 10.8 Å². The number of alkyl halides is 2. The third-order valence-electron chi connectivity index (χ3n) is 2.36. The molecule has 0 amide bonds. The number of nitrogens with two attached hydrogens (primary N) is 1. The van der Waals surface area contributed by atoms with Crippen molar-refractivity contribution in [1.29, 1.82) is 0 Å². The van der Waals surface area contributed by atoms with Crippen LogP contribution in [-0.2, 0) is 10.0 Å². The van der Waals surface area contributed by atoms with E-state index in [1.54, 1.807) is 0 Å². The highest BCUT2D eigenvalue weighted by Gasteiger charge is 2.30. The van der Waals surface area contributed by atoms with Crippen LogP contribution in [0.4, 0.5) is 23.2 Å². The number of halogens is 4. The van der Waals surface area contributed by atoms with Crippen LogP contribution in [-0.4, -0.2) is 44.0 Å². The summed E-state index contributed by atoms with van der Waals surface area (Å²) in [4.78, 5) is -1.02. The first-order valence-electron chi connectivity index (χ1n) is 5.33. The van der Waals surface area contributed by atoms with Crippen molar-refractivity contribution >= 4 is 15.7 Å². The molecule has 1 aromatic rings. The van der Waals surface area contributed by atoms with Crippen LogP contribution in [0.25, 0.3) is 0 Å². The van der Waals surface area contributed by atoms with Gasteiger partial charge in [0.15, 0.2) is 0 Å². The van der Waals surface area contributed by atoms with Crippen LogP contribution >= 0.6 is 0 Å². The molecule has 0 aromatic heterocycles. The summed E-state index contributed by atoms with van der Waals surface area (Å²) in [6, 6.07) is 0.761. The second-order valence-corrected chi connectivity index (χ2v) is 5.69. The molecular formula is C10H12F4N2O3S. The van der Waals surface area contributed by atoms with Gasteiger partial charge >= 0.3 is 0 Å². The van der Waals surface area contributed by atoms with Gasteiger partial charge in [0.25, 0.3) is 6.43 Å². The van der Waals surface area contributed by atoms with Crippen LogP contribution in [0.5, 0.6) is 0 Å². The average Bonchev–Trinajstić information content (AvgIpc) is 2.32. The number of aliphatic hydroxyl groups is 1. The van der Waals surface area contributed by atoms with Gasteiger partial charge in [0.2, 0.25) is 10.0 Å². The van der Waals surface area contributed by atoms with Crippen molar-refractivity contribution in [3.63, 3.8) is 0 Å². The fraction of sp³-hybridized carbons (Fsp3) is 0.400. The molecule has 0 saturated heterocycles. The van der Waals surface area contributed by atoms with Crippen molar-refractivity contribution in [3.05, 3.63) is 23.8 Å². The lowest BCUT2D eigenvalue weighted by atomic mass is 10.3. The Morgan fingerprint density at radius 2 is 1.85 bits per heavy atom. The van der Waals surface area contributed by atoms with Gasteiger partial charge in [-0.1, -0.05) is 0 Å². The van der Waals surface area contributed by atoms with Crippen molar-refractivity contribution < 1.29 is 31.1 Å². The van der Waals surface area contributed by atoms with Gasteiger partial charge in [-0.05, 0) is 6.07 Å². The summed E-state index contributed by atoms with van der Waals surface area (Å²) in [5.41, 5.74) is 4.51. The lowest BCUT2D eigenvalue weighted by molar-refractivity contribution is 0.113. The summed E-state index contributed by atoms with van der Waals surface area (Å²) in [6.45, 7) is -2.60. The normalized spacial score (nSPS) is 12.3. The molecule has 5 nitrogen and oxygen atoms in total. The molecule has 0 saturated carbocycles. The van der Waals surface area contributed by atoms with E-state index in [0.29, 0.717) is 6.07 Å². The Bertz CT molecular complexity index is 580. The lowest BCUT2D eigenvalue weighted by Crippen LogP contribution is -2.37. The number of nitrogens with zero attached hydrogens (tertiary/aromatic N) is 1. The van der Waals surface area contributed by atoms with Crippen molar-refractivity contribution in [1.82, 2.24) is 4.31 Å². The van der Waals surface area contributed by atoms with E-state index < -0.39 is 58.4 Å². The number of benzene rings is 1. The Morgan fingerprint density at radius 3 is 2.35 bits per heavy atom. The highest BCUT2D eigenvalue weighted by molar-refractivity contribution is 7.89. The van der Waals surface area contributed by atoms with Crippen LogP contribution in [0.15, 0.2) is 17.0 Å². The summed E-state index contributed by atoms with van der Waals surface area (Å²) in [5, 5.41) is 8.70. The molecule has 0 aliphatic rings. The molecule has 0 spiro atoms. The van der Waals surface area contributed by atoms with Crippen LogP contribution < -0.4 is 5.73 Å². The molecule has 0 fully saturated rings. The Hall–Kier alpha value is -1.39. The summed E-state index contributed by atoms with van der Waals surface area (Å²) < 4.78 is 75.4. The van der Waals surface area contributed by atoms with Crippen molar-refractivity contribution in [3.8, 4) is 0 Å². The number of aliphatic hydroxyl groups excluding tert-OH is 1. The van der Waals surface area contributed by atoms with Gasteiger partial charge in [-0.3, -0.25) is 0 Å². The third kappa shape index (κ3) is 3.58. The fourth-order valence-corrected chi connectivity index (χ4v) is 2.95. The number of sulfonamides is 1. The lowest BCUT2D eigenvalue weighted by Gasteiger charge is -2.21. The van der Waals surface area contributed by atoms with Crippen molar-refractivity contribution in [2.75, 3.05) is 25.4 Å². The minimum Gasteiger partial charge on any atom is -0.396 e. The largest absolute Gasteiger partial charge is 0.396 e. The minimum atomic E-state index is -4.66. The molecule has 0 aliphatic heterocycles. The smallest absolute Gasteiger partial charge is 0.252 e. The number of hydrogen-bond acceptors (Lipinski definition) is 4. The molecule has 114 valence electrons. The Morgan fingerprint density at radius 1 is 1.25 bits per heavy atom. The highest BCUT2D eigenvalue weighted by Crippen LogP contribution is 2.24. The summed E-state index contributed by atoms with van der Waals surface area (Å²) in [5.74, 6) is -2.61. The van der Waals surface area contributed by atoms with Gasteiger partial charge in [-0.15, -0.1) is 0 Å². The van der Waals surface area contributed by atoms with Crippen LogP contribution in [0.3, 0.4) is 0 Å². The molecule has 0 heterocycles. The molecule has 1 aromatic carbocycles. The maximum Gasteiger partial charge on any atom is 0.252 e. The fourth-order valence-electron chi connectivity index (χ4n) is 1.46. The molecule has 20 heavy (non-hydrogen) atoms. The first kappa shape index (κ1) is 16.7. The van der Waals surface area contributed by atoms with E-state index in [0.717, 1.165) is 0 Å². The van der Waals surface area contributed by atoms with Crippen molar-refractivity contribution in [2.24, 2.45) is 0 Å². The topological polar surface area (TPSA) is 83.6 Å². The van der Waals surface area contributed by atoms with E-state index in [-0.39, 0.29) is 10.4 Å². The summed E-state index contributed by atoms with van der Waals surface area (Å²) >= 11 is 0. The first-order valence-corrected chi connectivity index (χ1v) is 6.77.